The van der Waals surface area contributed by atoms with Crippen molar-refractivity contribution in [2.45, 2.75) is 13.0 Å². The molecule has 0 aliphatic carbocycles. The number of aryl methyl sites for hydroxylation is 1. The lowest BCUT2D eigenvalue weighted by Gasteiger charge is -2.13. The Morgan fingerprint density at radius 3 is 2.67 bits per heavy atom. The molecule has 1 aromatic carbocycles. The Hall–Kier alpha value is -1.12. The number of nitrogens with two attached hydrogens (primary N) is 1. The first kappa shape index (κ1) is 8.97. The largest absolute Gasteiger partial charge is 0.271 e. The van der Waals surface area contributed by atoms with Crippen molar-refractivity contribution in [2.75, 3.05) is 0 Å². The first-order chi connectivity index (χ1) is 5.79. The molecule has 0 radical (unpaired) electrons. The maximum atomic E-state index is 5.36. The lowest BCUT2D eigenvalue weighted by Crippen LogP contribution is -2.26. The van der Waals surface area contributed by atoms with Gasteiger partial charge in [0.1, 0.15) is 0 Å². The second kappa shape index (κ2) is 4.04. The highest BCUT2D eigenvalue weighted by Gasteiger charge is 2.05. The topological polar surface area (TPSA) is 38.0 Å². The molecule has 0 fully saturated rings. The van der Waals surface area contributed by atoms with Crippen molar-refractivity contribution in [3.8, 4) is 0 Å². The first-order valence-electron chi connectivity index (χ1n) is 3.93. The normalized spacial score (nSPS) is 12.5. The van der Waals surface area contributed by atoms with Crippen LogP contribution < -0.4 is 11.3 Å². The van der Waals surface area contributed by atoms with Gasteiger partial charge in [-0.25, -0.2) is 5.43 Å². The number of hydrogen-bond acceptors (Lipinski definition) is 2. The van der Waals surface area contributed by atoms with Crippen LogP contribution in [-0.4, -0.2) is 0 Å². The van der Waals surface area contributed by atoms with Gasteiger partial charge in [-0.1, -0.05) is 30.3 Å². The van der Waals surface area contributed by atoms with E-state index in [4.69, 9.17) is 5.84 Å². The van der Waals surface area contributed by atoms with Crippen molar-refractivity contribution >= 4 is 0 Å². The molecule has 1 atom stereocenters. The number of hydrazine groups is 1. The summed E-state index contributed by atoms with van der Waals surface area (Å²) in [6, 6.07) is 8.15. The van der Waals surface area contributed by atoms with E-state index in [0.29, 0.717) is 0 Å². The third kappa shape index (κ3) is 1.72. The molecular formula is C10H14N2. The molecule has 2 heteroatoms. The Balaban J connectivity index is 3.00. The molecule has 0 saturated heterocycles. The van der Waals surface area contributed by atoms with E-state index < -0.39 is 0 Å². The number of hydrogen-bond donors (Lipinski definition) is 2. The van der Waals surface area contributed by atoms with Crippen molar-refractivity contribution in [2.24, 2.45) is 5.84 Å². The SMILES string of the molecule is C=CC(NN)c1ccccc1C. The van der Waals surface area contributed by atoms with Crippen LogP contribution in [-0.2, 0) is 0 Å². The van der Waals surface area contributed by atoms with Gasteiger partial charge < -0.3 is 0 Å². The average molecular weight is 162 g/mol. The smallest absolute Gasteiger partial charge is 0.0640 e. The fourth-order valence-electron chi connectivity index (χ4n) is 1.22. The Bertz CT molecular complexity index is 268. The molecule has 0 amide bonds. The summed E-state index contributed by atoms with van der Waals surface area (Å²) in [6.45, 7) is 5.77. The van der Waals surface area contributed by atoms with E-state index in [-0.39, 0.29) is 6.04 Å². The monoisotopic (exact) mass is 162 g/mol. The van der Waals surface area contributed by atoms with E-state index in [1.54, 1.807) is 6.08 Å². The van der Waals surface area contributed by atoms with Crippen molar-refractivity contribution < 1.29 is 0 Å². The number of benzene rings is 1. The average Bonchev–Trinajstić information content (AvgIpc) is 2.10. The molecular weight excluding hydrogens is 148 g/mol. The van der Waals surface area contributed by atoms with E-state index in [1.165, 1.54) is 11.1 Å². The van der Waals surface area contributed by atoms with E-state index in [1.807, 2.05) is 18.2 Å². The van der Waals surface area contributed by atoms with Crippen molar-refractivity contribution in [3.63, 3.8) is 0 Å². The second-order valence-electron chi connectivity index (χ2n) is 2.74. The molecule has 1 aromatic rings. The molecule has 0 saturated carbocycles. The van der Waals surface area contributed by atoms with E-state index >= 15 is 0 Å². The Morgan fingerprint density at radius 1 is 1.50 bits per heavy atom. The van der Waals surface area contributed by atoms with Gasteiger partial charge in [0, 0.05) is 0 Å². The van der Waals surface area contributed by atoms with Gasteiger partial charge in [0.05, 0.1) is 6.04 Å². The molecule has 1 rings (SSSR count). The molecule has 0 bridgehead atoms. The van der Waals surface area contributed by atoms with Crippen LogP contribution in [0.15, 0.2) is 36.9 Å². The predicted octanol–water partition coefficient (Wildman–Crippen LogP) is 1.69. The zero-order valence-electron chi connectivity index (χ0n) is 7.25. The van der Waals surface area contributed by atoms with Crippen LogP contribution in [0.2, 0.25) is 0 Å². The fourth-order valence-corrected chi connectivity index (χ4v) is 1.22. The molecule has 0 aromatic heterocycles. The molecule has 2 nitrogen and oxygen atoms in total. The highest BCUT2D eigenvalue weighted by atomic mass is 15.2. The minimum atomic E-state index is 0.0474. The molecule has 0 aliphatic rings. The fraction of sp³-hybridized carbons (Fsp3) is 0.200. The van der Waals surface area contributed by atoms with Crippen molar-refractivity contribution in [3.05, 3.63) is 48.0 Å². The molecule has 64 valence electrons. The van der Waals surface area contributed by atoms with E-state index in [0.717, 1.165) is 0 Å². The molecule has 0 spiro atoms. The van der Waals surface area contributed by atoms with Gasteiger partial charge in [0.2, 0.25) is 0 Å². The summed E-state index contributed by atoms with van der Waals surface area (Å²) in [5, 5.41) is 0. The van der Waals surface area contributed by atoms with Crippen LogP contribution in [0, 0.1) is 6.92 Å². The summed E-state index contributed by atoms with van der Waals surface area (Å²) in [7, 11) is 0. The maximum absolute atomic E-state index is 5.36. The highest BCUT2D eigenvalue weighted by Crippen LogP contribution is 2.16. The predicted molar refractivity (Wildman–Crippen MR) is 51.4 cm³/mol. The summed E-state index contributed by atoms with van der Waals surface area (Å²) in [5.74, 6) is 5.36. The van der Waals surface area contributed by atoms with Crippen LogP contribution in [0.25, 0.3) is 0 Å². The maximum Gasteiger partial charge on any atom is 0.0640 e. The van der Waals surface area contributed by atoms with Gasteiger partial charge in [0.15, 0.2) is 0 Å². The van der Waals surface area contributed by atoms with E-state index in [2.05, 4.69) is 25.0 Å². The van der Waals surface area contributed by atoms with Gasteiger partial charge >= 0.3 is 0 Å². The summed E-state index contributed by atoms with van der Waals surface area (Å²) in [5.41, 5.74) is 5.09. The third-order valence-corrected chi connectivity index (χ3v) is 1.94. The second-order valence-corrected chi connectivity index (χ2v) is 2.74. The standard InChI is InChI=1S/C10H14N2/c1-3-10(12-11)9-7-5-4-6-8(9)2/h3-7,10,12H,1,11H2,2H3. The Labute approximate surface area is 73.1 Å². The van der Waals surface area contributed by atoms with Crippen molar-refractivity contribution in [1.29, 1.82) is 0 Å². The minimum absolute atomic E-state index is 0.0474. The highest BCUT2D eigenvalue weighted by molar-refractivity contribution is 5.30. The third-order valence-electron chi connectivity index (χ3n) is 1.94. The molecule has 12 heavy (non-hydrogen) atoms. The summed E-state index contributed by atoms with van der Waals surface area (Å²) in [6.07, 6.45) is 1.79. The van der Waals surface area contributed by atoms with Gasteiger partial charge in [0.25, 0.3) is 0 Å². The van der Waals surface area contributed by atoms with Crippen LogP contribution in [0.1, 0.15) is 17.2 Å². The Morgan fingerprint density at radius 2 is 2.17 bits per heavy atom. The zero-order chi connectivity index (χ0) is 8.97. The summed E-state index contributed by atoms with van der Waals surface area (Å²) >= 11 is 0. The van der Waals surface area contributed by atoms with Crippen LogP contribution in [0.3, 0.4) is 0 Å². The molecule has 0 heterocycles. The Kier molecular flexibility index (Phi) is 3.02. The number of rotatable bonds is 3. The first-order valence-corrected chi connectivity index (χ1v) is 3.93. The van der Waals surface area contributed by atoms with Gasteiger partial charge in [-0.15, -0.1) is 6.58 Å². The lowest BCUT2D eigenvalue weighted by molar-refractivity contribution is 0.653. The van der Waals surface area contributed by atoms with Crippen LogP contribution >= 0.6 is 0 Å². The van der Waals surface area contributed by atoms with E-state index in [9.17, 15) is 0 Å². The molecule has 0 aliphatic heterocycles. The molecule has 3 N–H and O–H groups in total. The lowest BCUT2D eigenvalue weighted by atomic mass is 10.0. The van der Waals surface area contributed by atoms with Crippen molar-refractivity contribution in [1.82, 2.24) is 5.43 Å². The number of nitrogens with one attached hydrogen (secondary N) is 1. The molecule has 1 unspecified atom stereocenters. The van der Waals surface area contributed by atoms with Gasteiger partial charge in [-0.3, -0.25) is 5.84 Å². The summed E-state index contributed by atoms with van der Waals surface area (Å²) in [4.78, 5) is 0. The van der Waals surface area contributed by atoms with Crippen LogP contribution in [0.4, 0.5) is 0 Å². The van der Waals surface area contributed by atoms with Gasteiger partial charge in [-0.05, 0) is 18.1 Å². The van der Waals surface area contributed by atoms with Gasteiger partial charge in [-0.2, -0.15) is 0 Å². The van der Waals surface area contributed by atoms with Crippen LogP contribution in [0.5, 0.6) is 0 Å². The zero-order valence-corrected chi connectivity index (χ0v) is 7.25. The minimum Gasteiger partial charge on any atom is -0.271 e. The summed E-state index contributed by atoms with van der Waals surface area (Å²) < 4.78 is 0. The quantitative estimate of drug-likeness (QED) is 0.403.